The molecule has 0 fully saturated rings. The first kappa shape index (κ1) is 19.3. The van der Waals surface area contributed by atoms with E-state index in [2.05, 4.69) is 6.07 Å². The van der Waals surface area contributed by atoms with Crippen molar-refractivity contribution in [3.63, 3.8) is 0 Å². The molecule has 0 radical (unpaired) electrons. The van der Waals surface area contributed by atoms with Crippen LogP contribution in [0.25, 0.3) is 0 Å². The summed E-state index contributed by atoms with van der Waals surface area (Å²) >= 11 is 0. The maximum atomic E-state index is 9.95. The molecule has 2 aromatic rings. The maximum absolute atomic E-state index is 9.95. The lowest BCUT2D eigenvalue weighted by Gasteiger charge is -2.18. The molecule has 2 rings (SSSR count). The number of hydrogen-bond acceptors (Lipinski definition) is 4. The molecular weight excluding hydrogens is 314 g/mol. The van der Waals surface area contributed by atoms with Crippen molar-refractivity contribution in [3.05, 3.63) is 59.7 Å². The van der Waals surface area contributed by atoms with Gasteiger partial charge < -0.3 is 19.8 Å². The Hall–Kier alpha value is -2.04. The van der Waals surface area contributed by atoms with E-state index in [4.69, 9.17) is 4.74 Å². The second-order valence-corrected chi connectivity index (χ2v) is 6.71. The van der Waals surface area contributed by atoms with Gasteiger partial charge in [-0.05, 0) is 69.1 Å². The van der Waals surface area contributed by atoms with E-state index < -0.39 is 6.10 Å². The third-order valence-electron chi connectivity index (χ3n) is 4.05. The normalized spacial score (nSPS) is 12.3. The third-order valence-corrected chi connectivity index (χ3v) is 4.05. The Balaban J connectivity index is 1.79. The number of aliphatic hydroxyl groups is 1. The summed E-state index contributed by atoms with van der Waals surface area (Å²) in [6, 6.07) is 15.5. The number of benzene rings is 2. The Kier molecular flexibility index (Phi) is 7.76. The summed E-state index contributed by atoms with van der Waals surface area (Å²) in [4.78, 5) is 1.95. The predicted octanol–water partition coefficient (Wildman–Crippen LogP) is 3.26. The van der Waals surface area contributed by atoms with Crippen LogP contribution in [-0.2, 0) is 12.8 Å². The number of aromatic hydroxyl groups is 1. The fourth-order valence-corrected chi connectivity index (χ4v) is 2.87. The number of hydrogen-bond donors (Lipinski definition) is 2. The Morgan fingerprint density at radius 3 is 2.52 bits per heavy atom. The molecule has 0 heterocycles. The van der Waals surface area contributed by atoms with E-state index in [-0.39, 0.29) is 0 Å². The van der Waals surface area contributed by atoms with Crippen molar-refractivity contribution in [2.75, 3.05) is 27.2 Å². The van der Waals surface area contributed by atoms with Crippen molar-refractivity contribution < 1.29 is 14.9 Å². The van der Waals surface area contributed by atoms with E-state index in [1.807, 2.05) is 55.4 Å². The van der Waals surface area contributed by atoms with Crippen LogP contribution in [0.1, 0.15) is 24.0 Å². The minimum Gasteiger partial charge on any atom is -0.508 e. The molecule has 0 amide bonds. The molecule has 0 aliphatic rings. The Bertz CT molecular complexity index is 643. The number of unbranched alkanes of at least 4 members (excludes halogenated alkanes) is 1. The lowest BCUT2D eigenvalue weighted by Crippen LogP contribution is -2.30. The highest BCUT2D eigenvalue weighted by Crippen LogP contribution is 2.21. The minimum absolute atomic E-state index is 0.304. The summed E-state index contributed by atoms with van der Waals surface area (Å²) in [6.07, 6.45) is 3.52. The molecule has 4 nitrogen and oxygen atoms in total. The summed E-state index contributed by atoms with van der Waals surface area (Å²) in [5, 5.41) is 19.4. The SMILES string of the molecule is CN(C)CC(O)COc1ccccc1CCCCc1cccc(O)c1. The Labute approximate surface area is 150 Å². The number of para-hydroxylation sites is 1. The lowest BCUT2D eigenvalue weighted by molar-refractivity contribution is 0.0827. The molecule has 0 saturated carbocycles. The van der Waals surface area contributed by atoms with Crippen LogP contribution in [0.2, 0.25) is 0 Å². The number of aryl methyl sites for hydroxylation is 2. The number of nitrogens with zero attached hydrogens (tertiary/aromatic N) is 1. The standard InChI is InChI=1S/C21H29NO3/c1-22(2)15-20(24)16-25-21-13-6-5-11-18(21)10-4-3-8-17-9-7-12-19(23)14-17/h5-7,9,11-14,20,23-24H,3-4,8,10,15-16H2,1-2H3. The topological polar surface area (TPSA) is 52.9 Å². The van der Waals surface area contributed by atoms with E-state index in [9.17, 15) is 10.2 Å². The molecule has 25 heavy (non-hydrogen) atoms. The zero-order valence-corrected chi connectivity index (χ0v) is 15.2. The number of aliphatic hydroxyl groups excluding tert-OH is 1. The highest BCUT2D eigenvalue weighted by atomic mass is 16.5. The van der Waals surface area contributed by atoms with Gasteiger partial charge in [0.25, 0.3) is 0 Å². The Morgan fingerprint density at radius 2 is 1.76 bits per heavy atom. The van der Waals surface area contributed by atoms with Gasteiger partial charge in [-0.1, -0.05) is 30.3 Å². The largest absolute Gasteiger partial charge is 0.508 e. The summed E-state index contributed by atoms with van der Waals surface area (Å²) in [6.45, 7) is 0.893. The molecule has 0 spiro atoms. The highest BCUT2D eigenvalue weighted by molar-refractivity contribution is 5.33. The molecule has 0 aliphatic carbocycles. The van der Waals surface area contributed by atoms with Crippen LogP contribution >= 0.6 is 0 Å². The molecule has 136 valence electrons. The van der Waals surface area contributed by atoms with Gasteiger partial charge in [0.2, 0.25) is 0 Å². The summed E-state index contributed by atoms with van der Waals surface area (Å²) in [7, 11) is 3.87. The van der Waals surface area contributed by atoms with Gasteiger partial charge in [0.05, 0.1) is 0 Å². The van der Waals surface area contributed by atoms with E-state index >= 15 is 0 Å². The maximum Gasteiger partial charge on any atom is 0.122 e. The van der Waals surface area contributed by atoms with Crippen molar-refractivity contribution >= 4 is 0 Å². The van der Waals surface area contributed by atoms with Gasteiger partial charge in [0, 0.05) is 6.54 Å². The number of phenols is 1. The van der Waals surface area contributed by atoms with Gasteiger partial charge in [0.15, 0.2) is 0 Å². The fraction of sp³-hybridized carbons (Fsp3) is 0.429. The van der Waals surface area contributed by atoms with Gasteiger partial charge in [-0.15, -0.1) is 0 Å². The summed E-state index contributed by atoms with van der Waals surface area (Å²) < 4.78 is 5.82. The molecule has 1 unspecified atom stereocenters. The molecule has 0 bridgehead atoms. The fourth-order valence-electron chi connectivity index (χ4n) is 2.87. The van der Waals surface area contributed by atoms with Crippen LogP contribution in [0.4, 0.5) is 0 Å². The monoisotopic (exact) mass is 343 g/mol. The molecule has 0 saturated heterocycles. The number of rotatable bonds is 10. The molecule has 0 aromatic heterocycles. The molecule has 4 heteroatoms. The van der Waals surface area contributed by atoms with Crippen LogP contribution in [0, 0.1) is 0 Å². The quantitative estimate of drug-likeness (QED) is 0.650. The van der Waals surface area contributed by atoms with E-state index in [1.165, 1.54) is 5.56 Å². The third kappa shape index (κ3) is 7.16. The number of likely N-dealkylation sites (N-methyl/N-ethyl adjacent to an activating group) is 1. The average Bonchev–Trinajstić information content (AvgIpc) is 2.57. The lowest BCUT2D eigenvalue weighted by atomic mass is 10.0. The van der Waals surface area contributed by atoms with E-state index in [1.54, 1.807) is 6.07 Å². The first-order chi connectivity index (χ1) is 12.0. The molecule has 2 aromatic carbocycles. The molecule has 1 atom stereocenters. The van der Waals surface area contributed by atoms with E-state index in [0.29, 0.717) is 18.9 Å². The number of ether oxygens (including phenoxy) is 1. The minimum atomic E-state index is -0.492. The molecular formula is C21H29NO3. The van der Waals surface area contributed by atoms with Crippen molar-refractivity contribution in [3.8, 4) is 11.5 Å². The van der Waals surface area contributed by atoms with Gasteiger partial charge in [-0.2, -0.15) is 0 Å². The van der Waals surface area contributed by atoms with Gasteiger partial charge >= 0.3 is 0 Å². The van der Waals surface area contributed by atoms with Crippen molar-refractivity contribution in [2.24, 2.45) is 0 Å². The zero-order chi connectivity index (χ0) is 18.1. The van der Waals surface area contributed by atoms with Crippen molar-refractivity contribution in [1.29, 1.82) is 0 Å². The van der Waals surface area contributed by atoms with E-state index in [0.717, 1.165) is 37.0 Å². The second-order valence-electron chi connectivity index (χ2n) is 6.71. The first-order valence-corrected chi connectivity index (χ1v) is 8.86. The zero-order valence-electron chi connectivity index (χ0n) is 15.2. The van der Waals surface area contributed by atoms with Crippen LogP contribution in [0.15, 0.2) is 48.5 Å². The first-order valence-electron chi connectivity index (χ1n) is 8.86. The van der Waals surface area contributed by atoms with Gasteiger partial charge in [-0.3, -0.25) is 0 Å². The molecule has 0 aliphatic heterocycles. The number of phenolic OH excluding ortho intramolecular Hbond substituents is 1. The Morgan fingerprint density at radius 1 is 1.00 bits per heavy atom. The molecule has 2 N–H and O–H groups in total. The highest BCUT2D eigenvalue weighted by Gasteiger charge is 2.09. The van der Waals surface area contributed by atoms with Crippen LogP contribution < -0.4 is 4.74 Å². The van der Waals surface area contributed by atoms with Crippen molar-refractivity contribution in [1.82, 2.24) is 4.90 Å². The second kappa shape index (κ2) is 10.1. The summed E-state index contributed by atoms with van der Waals surface area (Å²) in [5.41, 5.74) is 2.34. The van der Waals surface area contributed by atoms with Crippen LogP contribution in [-0.4, -0.2) is 48.5 Å². The average molecular weight is 343 g/mol. The van der Waals surface area contributed by atoms with Crippen LogP contribution in [0.5, 0.6) is 11.5 Å². The van der Waals surface area contributed by atoms with Crippen molar-refractivity contribution in [2.45, 2.75) is 31.8 Å². The van der Waals surface area contributed by atoms with Gasteiger partial charge in [-0.25, -0.2) is 0 Å². The summed E-state index contributed by atoms with van der Waals surface area (Å²) in [5.74, 6) is 1.19. The van der Waals surface area contributed by atoms with Gasteiger partial charge in [0.1, 0.15) is 24.2 Å². The smallest absolute Gasteiger partial charge is 0.122 e. The van der Waals surface area contributed by atoms with Crippen LogP contribution in [0.3, 0.4) is 0 Å². The predicted molar refractivity (Wildman–Crippen MR) is 101 cm³/mol.